The summed E-state index contributed by atoms with van der Waals surface area (Å²) in [5.41, 5.74) is -0.150. The van der Waals surface area contributed by atoms with Crippen LogP contribution < -0.4 is 0 Å². The Balaban J connectivity index is 2.48. The van der Waals surface area contributed by atoms with Crippen molar-refractivity contribution in [1.82, 2.24) is 0 Å². The first-order valence-corrected chi connectivity index (χ1v) is 6.65. The molecular formula is C12H7Cl2NO3S. The maximum absolute atomic E-state index is 11.0. The topological polar surface area (TPSA) is 63.4 Å². The van der Waals surface area contributed by atoms with Crippen molar-refractivity contribution in [2.75, 3.05) is 0 Å². The monoisotopic (exact) mass is 315 g/mol. The van der Waals surface area contributed by atoms with Crippen molar-refractivity contribution in [1.29, 1.82) is 0 Å². The van der Waals surface area contributed by atoms with E-state index in [0.29, 0.717) is 9.79 Å². The minimum Gasteiger partial charge on any atom is -0.507 e. The van der Waals surface area contributed by atoms with Gasteiger partial charge in [-0.3, -0.25) is 10.1 Å². The van der Waals surface area contributed by atoms with Crippen LogP contribution in [0.25, 0.3) is 0 Å². The molecule has 0 amide bonds. The molecule has 0 saturated heterocycles. The van der Waals surface area contributed by atoms with Crippen molar-refractivity contribution < 1.29 is 10.0 Å². The van der Waals surface area contributed by atoms with Gasteiger partial charge in [0.15, 0.2) is 0 Å². The molecule has 7 heteroatoms. The van der Waals surface area contributed by atoms with Crippen LogP contribution >= 0.6 is 35.0 Å². The molecule has 0 unspecified atom stereocenters. The van der Waals surface area contributed by atoms with E-state index in [2.05, 4.69) is 0 Å². The van der Waals surface area contributed by atoms with Crippen molar-refractivity contribution in [3.05, 3.63) is 56.6 Å². The highest BCUT2D eigenvalue weighted by Gasteiger charge is 2.18. The van der Waals surface area contributed by atoms with Gasteiger partial charge in [0.25, 0.3) is 5.69 Å². The number of phenols is 1. The lowest BCUT2D eigenvalue weighted by Crippen LogP contribution is -1.91. The van der Waals surface area contributed by atoms with Gasteiger partial charge in [-0.05, 0) is 18.2 Å². The number of nitrogens with zero attached hydrogens (tertiary/aromatic N) is 1. The summed E-state index contributed by atoms with van der Waals surface area (Å²) >= 11 is 12.7. The van der Waals surface area contributed by atoms with Crippen LogP contribution in [0.1, 0.15) is 0 Å². The SMILES string of the molecule is O=[N+]([O-])c1cc(Cl)c(Cl)cc1Sc1ccccc1O. The van der Waals surface area contributed by atoms with Crippen molar-refractivity contribution in [3.63, 3.8) is 0 Å². The van der Waals surface area contributed by atoms with E-state index in [0.717, 1.165) is 11.8 Å². The van der Waals surface area contributed by atoms with Crippen LogP contribution in [0.5, 0.6) is 5.75 Å². The number of nitro benzene ring substituents is 1. The van der Waals surface area contributed by atoms with Crippen molar-refractivity contribution in [2.24, 2.45) is 0 Å². The fourth-order valence-electron chi connectivity index (χ4n) is 1.40. The highest BCUT2D eigenvalue weighted by molar-refractivity contribution is 7.99. The summed E-state index contributed by atoms with van der Waals surface area (Å²) in [6, 6.07) is 9.18. The van der Waals surface area contributed by atoms with E-state index >= 15 is 0 Å². The van der Waals surface area contributed by atoms with Crippen LogP contribution in [-0.2, 0) is 0 Å². The Kier molecular flexibility index (Phi) is 4.19. The second-order valence-electron chi connectivity index (χ2n) is 3.56. The molecule has 0 radical (unpaired) electrons. The normalized spacial score (nSPS) is 10.4. The van der Waals surface area contributed by atoms with Gasteiger partial charge in [0, 0.05) is 6.07 Å². The van der Waals surface area contributed by atoms with Gasteiger partial charge in [0.1, 0.15) is 5.75 Å². The Bertz CT molecular complexity index is 649. The Morgan fingerprint density at radius 2 is 1.74 bits per heavy atom. The van der Waals surface area contributed by atoms with Crippen LogP contribution in [0.3, 0.4) is 0 Å². The van der Waals surface area contributed by atoms with Crippen LogP contribution in [0, 0.1) is 10.1 Å². The van der Waals surface area contributed by atoms with Crippen LogP contribution in [-0.4, -0.2) is 10.0 Å². The van der Waals surface area contributed by atoms with Gasteiger partial charge >= 0.3 is 0 Å². The van der Waals surface area contributed by atoms with E-state index in [1.54, 1.807) is 18.2 Å². The number of phenolic OH excluding ortho intramolecular Hbond substituents is 1. The highest BCUT2D eigenvalue weighted by Crippen LogP contribution is 2.42. The van der Waals surface area contributed by atoms with Crippen LogP contribution in [0.15, 0.2) is 46.2 Å². The molecule has 2 aromatic carbocycles. The molecule has 0 aromatic heterocycles. The minimum atomic E-state index is -0.537. The molecule has 0 aliphatic heterocycles. The number of hydrogen-bond donors (Lipinski definition) is 1. The van der Waals surface area contributed by atoms with E-state index in [1.165, 1.54) is 18.2 Å². The maximum Gasteiger partial charge on any atom is 0.284 e. The average molecular weight is 316 g/mol. The molecule has 0 bridgehead atoms. The summed E-state index contributed by atoms with van der Waals surface area (Å²) < 4.78 is 0. The number of halogens is 2. The lowest BCUT2D eigenvalue weighted by molar-refractivity contribution is -0.387. The second-order valence-corrected chi connectivity index (χ2v) is 5.46. The summed E-state index contributed by atoms with van der Waals surface area (Å²) in [5.74, 6) is 0.0490. The number of nitro groups is 1. The van der Waals surface area contributed by atoms with Crippen LogP contribution in [0.2, 0.25) is 10.0 Å². The molecule has 0 fully saturated rings. The lowest BCUT2D eigenvalue weighted by atomic mass is 10.3. The van der Waals surface area contributed by atoms with E-state index < -0.39 is 4.92 Å². The third kappa shape index (κ3) is 3.12. The van der Waals surface area contributed by atoms with Gasteiger partial charge in [0.05, 0.1) is 24.8 Å². The predicted octanol–water partition coefficient (Wildman–Crippen LogP) is 4.76. The summed E-state index contributed by atoms with van der Waals surface area (Å²) in [7, 11) is 0. The quantitative estimate of drug-likeness (QED) is 0.655. The molecule has 0 saturated carbocycles. The van der Waals surface area contributed by atoms with Gasteiger partial charge < -0.3 is 5.11 Å². The number of para-hydroxylation sites is 1. The Morgan fingerprint density at radius 3 is 2.37 bits per heavy atom. The van der Waals surface area contributed by atoms with E-state index in [9.17, 15) is 15.2 Å². The highest BCUT2D eigenvalue weighted by atomic mass is 35.5. The van der Waals surface area contributed by atoms with Crippen LogP contribution in [0.4, 0.5) is 5.69 Å². The number of rotatable bonds is 3. The Hall–Kier alpha value is -1.43. The van der Waals surface area contributed by atoms with Gasteiger partial charge in [0.2, 0.25) is 0 Å². The zero-order valence-electron chi connectivity index (χ0n) is 9.34. The van der Waals surface area contributed by atoms with E-state index in [1.807, 2.05) is 0 Å². The molecule has 2 rings (SSSR count). The third-order valence-corrected chi connectivity index (χ3v) is 4.12. The summed E-state index contributed by atoms with van der Waals surface area (Å²) in [6.45, 7) is 0. The Labute approximate surface area is 123 Å². The number of benzene rings is 2. The smallest absolute Gasteiger partial charge is 0.284 e. The fourth-order valence-corrected chi connectivity index (χ4v) is 2.76. The molecular weight excluding hydrogens is 309 g/mol. The molecule has 2 aromatic rings. The van der Waals surface area contributed by atoms with Gasteiger partial charge in [-0.2, -0.15) is 0 Å². The first kappa shape index (κ1) is 14.0. The fraction of sp³-hybridized carbons (Fsp3) is 0. The van der Waals surface area contributed by atoms with E-state index in [-0.39, 0.29) is 21.5 Å². The van der Waals surface area contributed by atoms with Gasteiger partial charge in [-0.25, -0.2) is 0 Å². The molecule has 0 atom stereocenters. The molecule has 0 aliphatic rings. The molecule has 0 spiro atoms. The van der Waals surface area contributed by atoms with Gasteiger partial charge in [-0.1, -0.05) is 47.1 Å². The Morgan fingerprint density at radius 1 is 1.11 bits per heavy atom. The molecule has 98 valence electrons. The maximum atomic E-state index is 11.0. The molecule has 19 heavy (non-hydrogen) atoms. The minimum absolute atomic E-state index is 0.0490. The summed E-state index contributed by atoms with van der Waals surface area (Å²) in [5, 5.41) is 21.0. The zero-order chi connectivity index (χ0) is 14.0. The first-order valence-electron chi connectivity index (χ1n) is 5.08. The summed E-state index contributed by atoms with van der Waals surface area (Å²) in [6.07, 6.45) is 0. The molecule has 4 nitrogen and oxygen atoms in total. The zero-order valence-corrected chi connectivity index (χ0v) is 11.7. The van der Waals surface area contributed by atoms with Crippen molar-refractivity contribution >= 4 is 40.7 Å². The predicted molar refractivity (Wildman–Crippen MR) is 75.3 cm³/mol. The van der Waals surface area contributed by atoms with Crippen molar-refractivity contribution in [3.8, 4) is 5.75 Å². The largest absolute Gasteiger partial charge is 0.507 e. The first-order chi connectivity index (χ1) is 8.99. The molecule has 0 heterocycles. The number of hydrogen-bond acceptors (Lipinski definition) is 4. The average Bonchev–Trinajstić information content (AvgIpc) is 2.36. The van der Waals surface area contributed by atoms with E-state index in [4.69, 9.17) is 23.2 Å². The van der Waals surface area contributed by atoms with Gasteiger partial charge in [-0.15, -0.1) is 0 Å². The molecule has 1 N–H and O–H groups in total. The second kappa shape index (κ2) is 5.69. The number of aromatic hydroxyl groups is 1. The third-order valence-electron chi connectivity index (χ3n) is 2.28. The summed E-state index contributed by atoms with van der Waals surface area (Å²) in [4.78, 5) is 11.3. The molecule has 0 aliphatic carbocycles. The standard InChI is InChI=1S/C12H7Cl2NO3S/c13-7-5-9(15(17)18)12(6-8(7)14)19-11-4-2-1-3-10(11)16/h1-6,16H. The van der Waals surface area contributed by atoms with Crippen molar-refractivity contribution in [2.45, 2.75) is 9.79 Å². The lowest BCUT2D eigenvalue weighted by Gasteiger charge is -2.06.